The van der Waals surface area contributed by atoms with Crippen molar-refractivity contribution in [2.75, 3.05) is 0 Å². The van der Waals surface area contributed by atoms with Crippen molar-refractivity contribution in [1.29, 1.82) is 5.26 Å². The minimum absolute atomic E-state index is 0.116. The smallest absolute Gasteiger partial charge is 0.306 e. The van der Waals surface area contributed by atoms with Gasteiger partial charge in [0.05, 0.1) is 5.56 Å². The Morgan fingerprint density at radius 2 is 2.09 bits per heavy atom. The van der Waals surface area contributed by atoms with E-state index in [1.807, 2.05) is 19.1 Å². The number of rotatable bonds is 6. The second-order valence-electron chi connectivity index (χ2n) is 4.91. The van der Waals surface area contributed by atoms with Gasteiger partial charge in [-0.2, -0.15) is 5.26 Å². The lowest BCUT2D eigenvalue weighted by Crippen LogP contribution is -2.03. The number of halogens is 1. The van der Waals surface area contributed by atoms with E-state index >= 15 is 0 Å². The van der Waals surface area contributed by atoms with Crippen LogP contribution in [0.1, 0.15) is 30.9 Å². The Kier molecular flexibility index (Phi) is 5.70. The number of ether oxygens (including phenoxy) is 2. The number of carbonyl (C=O) groups is 1. The van der Waals surface area contributed by atoms with E-state index < -0.39 is 5.82 Å². The van der Waals surface area contributed by atoms with Gasteiger partial charge in [0.1, 0.15) is 30.0 Å². The molecule has 2 aromatic rings. The number of esters is 1. The average molecular weight is 313 g/mol. The second-order valence-corrected chi connectivity index (χ2v) is 4.91. The van der Waals surface area contributed by atoms with Crippen molar-refractivity contribution in [3.8, 4) is 17.6 Å². The lowest BCUT2D eigenvalue weighted by Gasteiger charge is -2.09. The van der Waals surface area contributed by atoms with Gasteiger partial charge in [-0.05, 0) is 42.3 Å². The van der Waals surface area contributed by atoms with Crippen LogP contribution in [0.5, 0.6) is 11.5 Å². The van der Waals surface area contributed by atoms with Gasteiger partial charge in [0, 0.05) is 6.42 Å². The van der Waals surface area contributed by atoms with Gasteiger partial charge in [-0.25, -0.2) is 4.39 Å². The molecular weight excluding hydrogens is 297 g/mol. The molecule has 0 aromatic heterocycles. The Morgan fingerprint density at radius 3 is 2.83 bits per heavy atom. The third-order valence-electron chi connectivity index (χ3n) is 3.04. The Labute approximate surface area is 134 Å². The predicted molar refractivity (Wildman–Crippen MR) is 82.3 cm³/mol. The van der Waals surface area contributed by atoms with E-state index in [-0.39, 0.29) is 23.9 Å². The quantitative estimate of drug-likeness (QED) is 0.745. The molecule has 2 rings (SSSR count). The molecule has 0 amide bonds. The maximum absolute atomic E-state index is 13.1. The van der Waals surface area contributed by atoms with Gasteiger partial charge >= 0.3 is 5.97 Å². The van der Waals surface area contributed by atoms with Gasteiger partial charge in [0.2, 0.25) is 0 Å². The van der Waals surface area contributed by atoms with Gasteiger partial charge in [0.25, 0.3) is 0 Å². The van der Waals surface area contributed by atoms with Crippen LogP contribution in [0.4, 0.5) is 4.39 Å². The Bertz CT molecular complexity index is 737. The molecule has 0 unspecified atom stereocenters. The molecule has 0 saturated heterocycles. The van der Waals surface area contributed by atoms with Gasteiger partial charge in [0.15, 0.2) is 0 Å². The zero-order chi connectivity index (χ0) is 16.7. The van der Waals surface area contributed by atoms with E-state index in [1.54, 1.807) is 18.2 Å². The summed E-state index contributed by atoms with van der Waals surface area (Å²) in [6.45, 7) is 2.07. The van der Waals surface area contributed by atoms with E-state index in [4.69, 9.17) is 14.7 Å². The van der Waals surface area contributed by atoms with Crippen molar-refractivity contribution < 1.29 is 18.7 Å². The van der Waals surface area contributed by atoms with Crippen LogP contribution in [-0.2, 0) is 16.1 Å². The first kappa shape index (κ1) is 16.5. The highest BCUT2D eigenvalue weighted by Gasteiger charge is 2.07. The van der Waals surface area contributed by atoms with Crippen molar-refractivity contribution in [3.63, 3.8) is 0 Å². The lowest BCUT2D eigenvalue weighted by atomic mass is 10.2. The fraction of sp³-hybridized carbons (Fsp3) is 0.222. The summed E-state index contributed by atoms with van der Waals surface area (Å²) in [5, 5.41) is 9.02. The van der Waals surface area contributed by atoms with Crippen LogP contribution in [0, 0.1) is 17.1 Å². The molecule has 0 heterocycles. The summed E-state index contributed by atoms with van der Waals surface area (Å²) in [5.74, 6) is 0.0146. The third-order valence-corrected chi connectivity index (χ3v) is 3.04. The Balaban J connectivity index is 2.09. The molecule has 0 spiro atoms. The standard InChI is InChI=1S/C18H16FNO3/c1-2-4-18(21)22-12-13-5-3-6-16(9-13)23-17-8-7-15(19)10-14(17)11-20/h3,5-10H,2,4,12H2,1H3. The van der Waals surface area contributed by atoms with E-state index in [9.17, 15) is 9.18 Å². The first-order chi connectivity index (χ1) is 11.1. The monoisotopic (exact) mass is 313 g/mol. The Hall–Kier alpha value is -2.87. The molecule has 0 saturated carbocycles. The highest BCUT2D eigenvalue weighted by atomic mass is 19.1. The summed E-state index contributed by atoms with van der Waals surface area (Å²) in [4.78, 5) is 11.4. The predicted octanol–water partition coefficient (Wildman–Crippen LogP) is 4.33. The van der Waals surface area contributed by atoms with Crippen LogP contribution in [0.15, 0.2) is 42.5 Å². The topological polar surface area (TPSA) is 59.3 Å². The van der Waals surface area contributed by atoms with Gasteiger partial charge in [-0.1, -0.05) is 19.1 Å². The number of hydrogen-bond acceptors (Lipinski definition) is 4. The minimum Gasteiger partial charge on any atom is -0.461 e. The molecule has 0 aliphatic heterocycles. The van der Waals surface area contributed by atoms with Crippen molar-refractivity contribution in [3.05, 3.63) is 59.4 Å². The summed E-state index contributed by atoms with van der Waals surface area (Å²) in [6.07, 6.45) is 1.13. The number of nitriles is 1. The van der Waals surface area contributed by atoms with Crippen LogP contribution in [0.3, 0.4) is 0 Å². The molecule has 0 fully saturated rings. The molecule has 4 nitrogen and oxygen atoms in total. The molecule has 118 valence electrons. The van der Waals surface area contributed by atoms with Crippen molar-refractivity contribution in [1.82, 2.24) is 0 Å². The summed E-state index contributed by atoms with van der Waals surface area (Å²) < 4.78 is 23.9. The molecular formula is C18H16FNO3. The summed E-state index contributed by atoms with van der Waals surface area (Å²) in [5.41, 5.74) is 0.886. The summed E-state index contributed by atoms with van der Waals surface area (Å²) >= 11 is 0. The molecule has 2 aromatic carbocycles. The summed E-state index contributed by atoms with van der Waals surface area (Å²) in [6, 6.07) is 12.6. The number of carbonyl (C=O) groups excluding carboxylic acids is 1. The maximum atomic E-state index is 13.1. The largest absolute Gasteiger partial charge is 0.461 e. The van der Waals surface area contributed by atoms with E-state index in [0.29, 0.717) is 12.2 Å². The zero-order valence-corrected chi connectivity index (χ0v) is 12.7. The molecule has 5 heteroatoms. The fourth-order valence-electron chi connectivity index (χ4n) is 1.94. The second kappa shape index (κ2) is 7.95. The highest BCUT2D eigenvalue weighted by molar-refractivity contribution is 5.69. The van der Waals surface area contributed by atoms with E-state index in [1.165, 1.54) is 12.1 Å². The van der Waals surface area contributed by atoms with E-state index in [2.05, 4.69) is 0 Å². The molecule has 0 aliphatic rings. The van der Waals surface area contributed by atoms with Crippen LogP contribution < -0.4 is 4.74 Å². The maximum Gasteiger partial charge on any atom is 0.306 e. The van der Waals surface area contributed by atoms with Crippen molar-refractivity contribution in [2.24, 2.45) is 0 Å². The van der Waals surface area contributed by atoms with Gasteiger partial charge in [-0.15, -0.1) is 0 Å². The third kappa shape index (κ3) is 4.82. The SMILES string of the molecule is CCCC(=O)OCc1cccc(Oc2ccc(F)cc2C#N)c1. The lowest BCUT2D eigenvalue weighted by molar-refractivity contribution is -0.144. The normalized spacial score (nSPS) is 9.96. The van der Waals surface area contributed by atoms with Crippen LogP contribution >= 0.6 is 0 Å². The highest BCUT2D eigenvalue weighted by Crippen LogP contribution is 2.26. The van der Waals surface area contributed by atoms with Crippen LogP contribution in [0.2, 0.25) is 0 Å². The van der Waals surface area contributed by atoms with Gasteiger partial charge < -0.3 is 9.47 Å². The number of nitrogens with zero attached hydrogens (tertiary/aromatic N) is 1. The first-order valence-electron chi connectivity index (χ1n) is 7.24. The molecule has 0 atom stereocenters. The molecule has 0 bridgehead atoms. The zero-order valence-electron chi connectivity index (χ0n) is 12.7. The minimum atomic E-state index is -0.495. The van der Waals surface area contributed by atoms with Gasteiger partial charge in [-0.3, -0.25) is 4.79 Å². The molecule has 0 aliphatic carbocycles. The first-order valence-corrected chi connectivity index (χ1v) is 7.24. The molecule has 23 heavy (non-hydrogen) atoms. The number of hydrogen-bond donors (Lipinski definition) is 0. The van der Waals surface area contributed by atoms with Crippen LogP contribution in [-0.4, -0.2) is 5.97 Å². The average Bonchev–Trinajstić information content (AvgIpc) is 2.55. The Morgan fingerprint density at radius 1 is 1.26 bits per heavy atom. The van der Waals surface area contributed by atoms with Crippen LogP contribution in [0.25, 0.3) is 0 Å². The fourth-order valence-corrected chi connectivity index (χ4v) is 1.94. The van der Waals surface area contributed by atoms with Crippen molar-refractivity contribution in [2.45, 2.75) is 26.4 Å². The molecule has 0 N–H and O–H groups in total. The number of benzene rings is 2. The van der Waals surface area contributed by atoms with E-state index in [0.717, 1.165) is 18.1 Å². The van der Waals surface area contributed by atoms with Crippen molar-refractivity contribution >= 4 is 5.97 Å². The molecule has 0 radical (unpaired) electrons. The summed E-state index contributed by atoms with van der Waals surface area (Å²) in [7, 11) is 0.